The number of rotatable bonds is 8. The zero-order chi connectivity index (χ0) is 19.1. The number of alkyl halides is 2. The summed E-state index contributed by atoms with van der Waals surface area (Å²) in [5.74, 6) is 0.00618. The lowest BCUT2D eigenvalue weighted by molar-refractivity contribution is -0.0511. The Hall–Kier alpha value is -2.39. The Morgan fingerprint density at radius 2 is 2.04 bits per heavy atom. The summed E-state index contributed by atoms with van der Waals surface area (Å²) < 4.78 is 34.3. The van der Waals surface area contributed by atoms with E-state index < -0.39 is 12.6 Å². The van der Waals surface area contributed by atoms with Gasteiger partial charge in [-0.25, -0.2) is 4.79 Å². The number of nitrogens with zero attached hydrogens (tertiary/aromatic N) is 1. The number of carbonyl (C=O) groups excluding carboxylic acids is 1. The summed E-state index contributed by atoms with van der Waals surface area (Å²) in [6.07, 6.45) is 0. The van der Waals surface area contributed by atoms with E-state index in [-0.39, 0.29) is 17.5 Å². The van der Waals surface area contributed by atoms with Gasteiger partial charge in [0.25, 0.3) is 0 Å². The van der Waals surface area contributed by atoms with Crippen LogP contribution in [-0.4, -0.2) is 45.3 Å². The number of methoxy groups -OCH3 is 1. The van der Waals surface area contributed by atoms with Crippen molar-refractivity contribution in [3.8, 4) is 11.5 Å². The summed E-state index contributed by atoms with van der Waals surface area (Å²) in [6, 6.07) is 7.83. The standard InChI is InChI=1S/C17H21F2N3O3S/c1-22(2)12(15-5-4-8-26-15)10-20-17(23)21-11-6-7-13(24-3)14(9-11)25-16(18)19/h4-9,12,16H,10H2,1-3H3,(H2,20,21,23)/t12-/m1/s1. The summed E-state index contributed by atoms with van der Waals surface area (Å²) in [4.78, 5) is 15.3. The second-order valence-corrected chi connectivity index (χ2v) is 6.55. The highest BCUT2D eigenvalue weighted by molar-refractivity contribution is 7.10. The minimum absolute atomic E-state index is 0.0364. The van der Waals surface area contributed by atoms with Gasteiger partial charge < -0.3 is 25.0 Å². The van der Waals surface area contributed by atoms with E-state index in [1.165, 1.54) is 19.2 Å². The molecule has 0 fully saturated rings. The predicted octanol–water partition coefficient (Wildman–Crippen LogP) is 3.78. The highest BCUT2D eigenvalue weighted by atomic mass is 32.1. The van der Waals surface area contributed by atoms with Crippen LogP contribution >= 0.6 is 11.3 Å². The van der Waals surface area contributed by atoms with Crippen LogP contribution in [0.4, 0.5) is 19.3 Å². The van der Waals surface area contributed by atoms with E-state index >= 15 is 0 Å². The first-order chi connectivity index (χ1) is 12.4. The van der Waals surface area contributed by atoms with Crippen molar-refractivity contribution in [1.82, 2.24) is 10.2 Å². The van der Waals surface area contributed by atoms with Crippen LogP contribution in [0.3, 0.4) is 0 Å². The van der Waals surface area contributed by atoms with Gasteiger partial charge in [0, 0.05) is 23.2 Å². The molecule has 0 aliphatic carbocycles. The molecule has 9 heteroatoms. The normalized spacial score (nSPS) is 12.1. The van der Waals surface area contributed by atoms with Crippen molar-refractivity contribution >= 4 is 23.1 Å². The molecule has 1 heterocycles. The van der Waals surface area contributed by atoms with Crippen molar-refractivity contribution in [3.05, 3.63) is 40.6 Å². The van der Waals surface area contributed by atoms with Crippen molar-refractivity contribution in [2.45, 2.75) is 12.7 Å². The SMILES string of the molecule is COc1ccc(NC(=O)NC[C@H](c2cccs2)N(C)C)cc1OC(F)F. The van der Waals surface area contributed by atoms with Gasteiger partial charge in [-0.3, -0.25) is 0 Å². The summed E-state index contributed by atoms with van der Waals surface area (Å²) in [7, 11) is 5.21. The van der Waals surface area contributed by atoms with Crippen molar-refractivity contribution in [2.75, 3.05) is 33.1 Å². The molecule has 2 N–H and O–H groups in total. The molecule has 142 valence electrons. The first-order valence-electron chi connectivity index (χ1n) is 7.78. The molecule has 0 aliphatic rings. The molecule has 0 radical (unpaired) electrons. The van der Waals surface area contributed by atoms with Gasteiger partial charge in [-0.05, 0) is 37.7 Å². The quantitative estimate of drug-likeness (QED) is 0.726. The van der Waals surface area contributed by atoms with Crippen LogP contribution in [0, 0.1) is 0 Å². The van der Waals surface area contributed by atoms with E-state index in [0.29, 0.717) is 12.2 Å². The van der Waals surface area contributed by atoms with Crippen LogP contribution in [0.15, 0.2) is 35.7 Å². The number of amides is 2. The lowest BCUT2D eigenvalue weighted by atomic mass is 10.2. The minimum atomic E-state index is -2.99. The highest BCUT2D eigenvalue weighted by Gasteiger charge is 2.17. The fourth-order valence-corrected chi connectivity index (χ4v) is 3.25. The van der Waals surface area contributed by atoms with Gasteiger partial charge in [-0.1, -0.05) is 6.07 Å². The monoisotopic (exact) mass is 385 g/mol. The van der Waals surface area contributed by atoms with Gasteiger partial charge >= 0.3 is 12.6 Å². The second-order valence-electron chi connectivity index (χ2n) is 5.57. The average Bonchev–Trinajstić information content (AvgIpc) is 3.08. The lowest BCUT2D eigenvalue weighted by Crippen LogP contribution is -2.36. The third-order valence-corrected chi connectivity index (χ3v) is 4.56. The Balaban J connectivity index is 1.98. The van der Waals surface area contributed by atoms with E-state index in [2.05, 4.69) is 15.4 Å². The molecule has 2 rings (SSSR count). The summed E-state index contributed by atoms with van der Waals surface area (Å²) in [5.41, 5.74) is 0.316. The summed E-state index contributed by atoms with van der Waals surface area (Å²) >= 11 is 1.61. The van der Waals surface area contributed by atoms with Crippen LogP contribution in [-0.2, 0) is 0 Å². The van der Waals surface area contributed by atoms with Crippen LogP contribution < -0.4 is 20.1 Å². The van der Waals surface area contributed by atoms with E-state index in [9.17, 15) is 13.6 Å². The number of nitrogens with one attached hydrogen (secondary N) is 2. The second kappa shape index (κ2) is 9.35. The van der Waals surface area contributed by atoms with Gasteiger partial charge in [0.05, 0.1) is 13.2 Å². The molecule has 0 saturated carbocycles. The van der Waals surface area contributed by atoms with Crippen LogP contribution in [0.5, 0.6) is 11.5 Å². The number of carbonyl (C=O) groups is 1. The Morgan fingerprint density at radius 3 is 2.62 bits per heavy atom. The number of ether oxygens (including phenoxy) is 2. The maximum atomic E-state index is 12.5. The van der Waals surface area contributed by atoms with E-state index in [4.69, 9.17) is 4.74 Å². The Morgan fingerprint density at radius 1 is 1.27 bits per heavy atom. The maximum Gasteiger partial charge on any atom is 0.387 e. The molecule has 0 spiro atoms. The van der Waals surface area contributed by atoms with Gasteiger partial charge in [-0.15, -0.1) is 11.3 Å². The largest absolute Gasteiger partial charge is 0.493 e. The average molecular weight is 385 g/mol. The number of hydrogen-bond donors (Lipinski definition) is 2. The van der Waals surface area contributed by atoms with E-state index in [1.807, 2.05) is 36.5 Å². The smallest absolute Gasteiger partial charge is 0.387 e. The van der Waals surface area contributed by atoms with Gasteiger partial charge in [0.15, 0.2) is 11.5 Å². The van der Waals surface area contributed by atoms with Crippen LogP contribution in [0.1, 0.15) is 10.9 Å². The van der Waals surface area contributed by atoms with Crippen molar-refractivity contribution < 1.29 is 23.0 Å². The molecular weight excluding hydrogens is 364 g/mol. The zero-order valence-corrected chi connectivity index (χ0v) is 15.5. The number of benzene rings is 1. The number of halogens is 2. The molecule has 6 nitrogen and oxygen atoms in total. The number of thiophene rings is 1. The molecule has 0 aliphatic heterocycles. The van der Waals surface area contributed by atoms with Crippen LogP contribution in [0.25, 0.3) is 0 Å². The molecule has 2 aromatic rings. The molecule has 1 aromatic heterocycles. The highest BCUT2D eigenvalue weighted by Crippen LogP contribution is 2.31. The summed E-state index contributed by atoms with van der Waals surface area (Å²) in [5, 5.41) is 7.37. The third-order valence-electron chi connectivity index (χ3n) is 3.59. The van der Waals surface area contributed by atoms with Gasteiger partial charge in [0.2, 0.25) is 0 Å². The molecule has 1 atom stereocenters. The molecule has 1 aromatic carbocycles. The van der Waals surface area contributed by atoms with Gasteiger partial charge in [-0.2, -0.15) is 8.78 Å². The van der Waals surface area contributed by atoms with Crippen LogP contribution in [0.2, 0.25) is 0 Å². The van der Waals surface area contributed by atoms with Crippen molar-refractivity contribution in [1.29, 1.82) is 0 Å². The first kappa shape index (κ1) is 19.9. The molecular formula is C17H21F2N3O3S. The molecule has 0 bridgehead atoms. The van der Waals surface area contributed by atoms with Crippen molar-refractivity contribution in [3.63, 3.8) is 0 Å². The predicted molar refractivity (Wildman–Crippen MR) is 97.4 cm³/mol. The van der Waals surface area contributed by atoms with E-state index in [0.717, 1.165) is 4.88 Å². The number of hydrogen-bond acceptors (Lipinski definition) is 5. The van der Waals surface area contributed by atoms with E-state index in [1.54, 1.807) is 17.4 Å². The van der Waals surface area contributed by atoms with Crippen molar-refractivity contribution in [2.24, 2.45) is 0 Å². The Labute approximate surface area is 154 Å². The molecule has 0 saturated heterocycles. The fraction of sp³-hybridized carbons (Fsp3) is 0.353. The summed E-state index contributed by atoms with van der Waals surface area (Å²) in [6.45, 7) is -2.59. The Bertz CT molecular complexity index is 711. The zero-order valence-electron chi connectivity index (χ0n) is 14.7. The molecule has 0 unspecified atom stereocenters. The number of anilines is 1. The number of urea groups is 1. The third kappa shape index (κ3) is 5.57. The lowest BCUT2D eigenvalue weighted by Gasteiger charge is -2.23. The van der Waals surface area contributed by atoms with Gasteiger partial charge in [0.1, 0.15) is 0 Å². The minimum Gasteiger partial charge on any atom is -0.493 e. The first-order valence-corrected chi connectivity index (χ1v) is 8.66. The molecule has 2 amide bonds. The number of likely N-dealkylation sites (N-methyl/N-ethyl adjacent to an activating group) is 1. The fourth-order valence-electron chi connectivity index (χ4n) is 2.33. The topological polar surface area (TPSA) is 62.8 Å². The maximum absolute atomic E-state index is 12.5. The Kier molecular flexibility index (Phi) is 7.16. The molecule has 26 heavy (non-hydrogen) atoms.